The van der Waals surface area contributed by atoms with Gasteiger partial charge in [0.1, 0.15) is 5.69 Å². The Kier molecular flexibility index (Phi) is 6.39. The summed E-state index contributed by atoms with van der Waals surface area (Å²) in [4.78, 5) is 12.4. The average molecular weight is 363 g/mol. The molecule has 0 aliphatic rings. The van der Waals surface area contributed by atoms with Gasteiger partial charge in [0.15, 0.2) is 0 Å². The van der Waals surface area contributed by atoms with Crippen LogP contribution in [-0.2, 0) is 6.42 Å². The van der Waals surface area contributed by atoms with Crippen molar-refractivity contribution in [1.29, 1.82) is 0 Å². The Morgan fingerprint density at radius 3 is 2.41 bits per heavy atom. The summed E-state index contributed by atoms with van der Waals surface area (Å²) < 4.78 is 0. The first-order chi connectivity index (χ1) is 13.2. The van der Waals surface area contributed by atoms with E-state index >= 15 is 0 Å². The Morgan fingerprint density at radius 1 is 1.07 bits per heavy atom. The van der Waals surface area contributed by atoms with Crippen LogP contribution < -0.4 is 5.32 Å². The smallest absolute Gasteiger partial charge is 0.269 e. The summed E-state index contributed by atoms with van der Waals surface area (Å²) in [6.07, 6.45) is 2.97. The minimum Gasteiger partial charge on any atom is -0.396 e. The minimum atomic E-state index is -0.177. The zero-order chi connectivity index (χ0) is 19.1. The van der Waals surface area contributed by atoms with Crippen molar-refractivity contribution < 1.29 is 9.90 Å². The van der Waals surface area contributed by atoms with Gasteiger partial charge in [-0.3, -0.25) is 9.89 Å². The topological polar surface area (TPSA) is 78.0 Å². The molecule has 2 unspecified atom stereocenters. The normalized spacial score (nSPS) is 13.1. The molecule has 1 heterocycles. The van der Waals surface area contributed by atoms with E-state index in [0.29, 0.717) is 18.5 Å². The number of amides is 1. The van der Waals surface area contributed by atoms with Crippen LogP contribution in [0.5, 0.6) is 0 Å². The molecule has 5 heteroatoms. The number of hydrogen-bond acceptors (Lipinski definition) is 3. The summed E-state index contributed by atoms with van der Waals surface area (Å²) >= 11 is 0. The van der Waals surface area contributed by atoms with Gasteiger partial charge in [-0.2, -0.15) is 5.10 Å². The highest BCUT2D eigenvalue weighted by Gasteiger charge is 2.18. The number of nitrogens with zero attached hydrogens (tertiary/aromatic N) is 1. The van der Waals surface area contributed by atoms with E-state index in [1.54, 1.807) is 12.3 Å². The van der Waals surface area contributed by atoms with E-state index < -0.39 is 0 Å². The van der Waals surface area contributed by atoms with Crippen molar-refractivity contribution in [2.75, 3.05) is 6.61 Å². The fourth-order valence-corrected chi connectivity index (χ4v) is 3.15. The van der Waals surface area contributed by atoms with Crippen LogP contribution in [0.2, 0.25) is 0 Å². The number of aliphatic hydroxyl groups is 1. The predicted molar refractivity (Wildman–Crippen MR) is 106 cm³/mol. The Hall–Kier alpha value is -2.92. The van der Waals surface area contributed by atoms with Gasteiger partial charge in [0.05, 0.1) is 0 Å². The Morgan fingerprint density at radius 2 is 1.78 bits per heavy atom. The SMILES string of the molecule is CC(CO)CC(Cc1ccc(-c2ccccc2)cc1)NC(=O)c1ccn[nH]1. The molecule has 0 saturated heterocycles. The van der Waals surface area contributed by atoms with Crippen LogP contribution in [0.25, 0.3) is 11.1 Å². The Balaban J connectivity index is 1.70. The fourth-order valence-electron chi connectivity index (χ4n) is 3.15. The van der Waals surface area contributed by atoms with Crippen LogP contribution in [0.1, 0.15) is 29.4 Å². The maximum atomic E-state index is 12.4. The van der Waals surface area contributed by atoms with E-state index in [1.165, 1.54) is 11.1 Å². The van der Waals surface area contributed by atoms with Gasteiger partial charge in [0, 0.05) is 18.8 Å². The van der Waals surface area contributed by atoms with Crippen LogP contribution in [0, 0.1) is 5.92 Å². The van der Waals surface area contributed by atoms with Crippen LogP contribution in [-0.4, -0.2) is 33.9 Å². The summed E-state index contributed by atoms with van der Waals surface area (Å²) in [6.45, 7) is 2.08. The average Bonchev–Trinajstić information content (AvgIpc) is 3.24. The van der Waals surface area contributed by atoms with Gasteiger partial charge < -0.3 is 10.4 Å². The highest BCUT2D eigenvalue weighted by atomic mass is 16.3. The molecule has 3 aromatic rings. The van der Waals surface area contributed by atoms with Crippen molar-refractivity contribution in [2.45, 2.75) is 25.8 Å². The van der Waals surface area contributed by atoms with Crippen molar-refractivity contribution in [3.05, 3.63) is 78.1 Å². The van der Waals surface area contributed by atoms with Crippen LogP contribution in [0.15, 0.2) is 66.9 Å². The molecule has 0 spiro atoms. The van der Waals surface area contributed by atoms with E-state index in [9.17, 15) is 9.90 Å². The van der Waals surface area contributed by atoms with Gasteiger partial charge in [-0.25, -0.2) is 0 Å². The molecule has 27 heavy (non-hydrogen) atoms. The zero-order valence-electron chi connectivity index (χ0n) is 15.4. The number of hydrogen-bond donors (Lipinski definition) is 3. The highest BCUT2D eigenvalue weighted by molar-refractivity contribution is 5.92. The first kappa shape index (κ1) is 18.9. The first-order valence-corrected chi connectivity index (χ1v) is 9.21. The van der Waals surface area contributed by atoms with Gasteiger partial charge in [0.2, 0.25) is 0 Å². The number of rotatable bonds is 8. The molecular formula is C22H25N3O2. The number of carbonyl (C=O) groups is 1. The lowest BCUT2D eigenvalue weighted by Crippen LogP contribution is -2.38. The van der Waals surface area contributed by atoms with Gasteiger partial charge in [-0.1, -0.05) is 61.5 Å². The van der Waals surface area contributed by atoms with Gasteiger partial charge >= 0.3 is 0 Å². The molecule has 2 atom stereocenters. The van der Waals surface area contributed by atoms with Crippen molar-refractivity contribution in [2.24, 2.45) is 5.92 Å². The minimum absolute atomic E-state index is 0.0643. The molecule has 2 aromatic carbocycles. The van der Waals surface area contributed by atoms with Crippen LogP contribution in [0.4, 0.5) is 0 Å². The Labute approximate surface area is 159 Å². The van der Waals surface area contributed by atoms with Crippen LogP contribution >= 0.6 is 0 Å². The molecule has 0 aliphatic heterocycles. The van der Waals surface area contributed by atoms with E-state index in [0.717, 1.165) is 5.56 Å². The summed E-state index contributed by atoms with van der Waals surface area (Å²) in [5.41, 5.74) is 3.94. The molecule has 5 nitrogen and oxygen atoms in total. The second-order valence-electron chi connectivity index (χ2n) is 6.93. The molecule has 0 saturated carbocycles. The second kappa shape index (κ2) is 9.14. The molecular weight excluding hydrogens is 338 g/mol. The lowest BCUT2D eigenvalue weighted by molar-refractivity contribution is 0.0922. The first-order valence-electron chi connectivity index (χ1n) is 9.21. The third-order valence-corrected chi connectivity index (χ3v) is 4.62. The molecule has 1 aromatic heterocycles. The number of aromatic nitrogens is 2. The number of carbonyl (C=O) groups excluding carboxylic acids is 1. The molecule has 0 aliphatic carbocycles. The fraction of sp³-hybridized carbons (Fsp3) is 0.273. The molecule has 3 N–H and O–H groups in total. The molecule has 1 amide bonds. The molecule has 0 bridgehead atoms. The maximum Gasteiger partial charge on any atom is 0.269 e. The zero-order valence-corrected chi connectivity index (χ0v) is 15.4. The van der Waals surface area contributed by atoms with Crippen molar-refractivity contribution in [1.82, 2.24) is 15.5 Å². The number of benzene rings is 2. The van der Waals surface area contributed by atoms with Crippen molar-refractivity contribution in [3.63, 3.8) is 0 Å². The summed E-state index contributed by atoms with van der Waals surface area (Å²) in [5.74, 6) is -0.0656. The number of H-pyrrole nitrogens is 1. The second-order valence-corrected chi connectivity index (χ2v) is 6.93. The van der Waals surface area contributed by atoms with Crippen molar-refractivity contribution in [3.8, 4) is 11.1 Å². The maximum absolute atomic E-state index is 12.4. The number of aliphatic hydroxyl groups excluding tert-OH is 1. The highest BCUT2D eigenvalue weighted by Crippen LogP contribution is 2.20. The standard InChI is InChI=1S/C22H25N3O2/c1-16(15-26)13-20(24-22(27)21-11-12-23-25-21)14-17-7-9-19(10-8-17)18-5-3-2-4-6-18/h2-12,16,20,26H,13-15H2,1H3,(H,23,25)(H,24,27). The molecule has 140 valence electrons. The van der Waals surface area contributed by atoms with Crippen LogP contribution in [0.3, 0.4) is 0 Å². The van der Waals surface area contributed by atoms with E-state index in [4.69, 9.17) is 0 Å². The lowest BCUT2D eigenvalue weighted by atomic mass is 9.95. The van der Waals surface area contributed by atoms with Gasteiger partial charge in [0.25, 0.3) is 5.91 Å². The van der Waals surface area contributed by atoms with Gasteiger partial charge in [-0.05, 0) is 41.5 Å². The Bertz CT molecular complexity index is 830. The predicted octanol–water partition coefficient (Wildman–Crippen LogP) is 3.44. The number of nitrogens with one attached hydrogen (secondary N) is 2. The number of aromatic amines is 1. The third kappa shape index (κ3) is 5.28. The quantitative estimate of drug-likeness (QED) is 0.574. The third-order valence-electron chi connectivity index (χ3n) is 4.62. The van der Waals surface area contributed by atoms with Crippen molar-refractivity contribution >= 4 is 5.91 Å². The summed E-state index contributed by atoms with van der Waals surface area (Å²) in [7, 11) is 0. The summed E-state index contributed by atoms with van der Waals surface area (Å²) in [6, 6.07) is 20.2. The van der Waals surface area contributed by atoms with E-state index in [2.05, 4.69) is 51.9 Å². The summed E-state index contributed by atoms with van der Waals surface area (Å²) in [5, 5.41) is 19.0. The largest absolute Gasteiger partial charge is 0.396 e. The van der Waals surface area contributed by atoms with Gasteiger partial charge in [-0.15, -0.1) is 0 Å². The monoisotopic (exact) mass is 363 g/mol. The molecule has 3 rings (SSSR count). The van der Waals surface area contributed by atoms with E-state index in [1.807, 2.05) is 25.1 Å². The van der Waals surface area contributed by atoms with E-state index in [-0.39, 0.29) is 24.5 Å². The molecule has 0 radical (unpaired) electrons. The molecule has 0 fully saturated rings. The lowest BCUT2D eigenvalue weighted by Gasteiger charge is -2.21.